The second kappa shape index (κ2) is 13.5. The molecule has 3 atom stereocenters. The van der Waals surface area contributed by atoms with Gasteiger partial charge in [-0.2, -0.15) is 0 Å². The van der Waals surface area contributed by atoms with Gasteiger partial charge in [-0.15, -0.1) is 0 Å². The van der Waals surface area contributed by atoms with E-state index in [1.54, 1.807) is 0 Å². The summed E-state index contributed by atoms with van der Waals surface area (Å²) in [7, 11) is -2.28. The van der Waals surface area contributed by atoms with E-state index < -0.39 is 7.14 Å². The Morgan fingerprint density at radius 3 is 1.49 bits per heavy atom. The first-order chi connectivity index (χ1) is 25.8. The van der Waals surface area contributed by atoms with Crippen LogP contribution < -0.4 is 5.30 Å². The SMILES string of the molecule is CP(C)(=O)c1ccc(-c2ccc(C3(c4ccc(-c5nc(-c6ccccc6)nc(-c6ccccc6-c6ccccc6)n5)cc4)CC4CCC3C4)cc2)cc1. The molecule has 2 saturated carbocycles. The van der Waals surface area contributed by atoms with Gasteiger partial charge in [-0.3, -0.25) is 0 Å². The van der Waals surface area contributed by atoms with E-state index in [-0.39, 0.29) is 5.41 Å². The largest absolute Gasteiger partial charge is 0.319 e. The Bertz CT molecular complexity index is 2440. The van der Waals surface area contributed by atoms with Crippen LogP contribution in [0.4, 0.5) is 0 Å². The zero-order valence-electron chi connectivity index (χ0n) is 30.2. The molecule has 3 unspecified atom stereocenters. The minimum atomic E-state index is -2.28. The molecule has 5 heteroatoms. The molecule has 9 rings (SSSR count). The van der Waals surface area contributed by atoms with E-state index >= 15 is 0 Å². The highest BCUT2D eigenvalue weighted by Crippen LogP contribution is 2.60. The van der Waals surface area contributed by atoms with Crippen molar-refractivity contribution in [2.45, 2.75) is 31.1 Å². The van der Waals surface area contributed by atoms with E-state index in [2.05, 4.69) is 121 Å². The highest BCUT2D eigenvalue weighted by Gasteiger charge is 2.52. The summed E-state index contributed by atoms with van der Waals surface area (Å²) < 4.78 is 12.6. The van der Waals surface area contributed by atoms with E-state index in [9.17, 15) is 4.57 Å². The standard InChI is InChI=1S/C48H42N3OP/c1-53(2,52)42-29-22-35(23-30-42)34-18-25-39(26-19-34)48(32-33-17-24-41(48)31-33)40-27-20-38(21-28-40)46-49-45(37-13-7-4-8-14-37)50-47(51-46)44-16-10-9-15-43(44)36-11-5-3-6-12-36/h3-16,18-23,25-30,33,41H,17,24,31-32H2,1-2H3. The first-order valence-corrected chi connectivity index (χ1v) is 21.3. The summed E-state index contributed by atoms with van der Waals surface area (Å²) >= 11 is 0. The molecule has 2 aliphatic rings. The zero-order chi connectivity index (χ0) is 36.0. The van der Waals surface area contributed by atoms with Crippen LogP contribution in [0.3, 0.4) is 0 Å². The van der Waals surface area contributed by atoms with Crippen LogP contribution in [0.1, 0.15) is 36.8 Å². The van der Waals surface area contributed by atoms with Crippen molar-refractivity contribution in [1.82, 2.24) is 15.0 Å². The maximum Gasteiger partial charge on any atom is 0.164 e. The minimum absolute atomic E-state index is 0.0189. The Morgan fingerprint density at radius 1 is 0.491 bits per heavy atom. The lowest BCUT2D eigenvalue weighted by molar-refractivity contribution is 0.320. The van der Waals surface area contributed by atoms with Crippen LogP contribution in [-0.4, -0.2) is 28.3 Å². The number of hydrogen-bond acceptors (Lipinski definition) is 4. The Labute approximate surface area is 312 Å². The monoisotopic (exact) mass is 707 g/mol. The van der Waals surface area contributed by atoms with Crippen LogP contribution >= 0.6 is 7.14 Å². The van der Waals surface area contributed by atoms with Crippen molar-refractivity contribution >= 4 is 12.4 Å². The molecule has 1 aromatic heterocycles. The van der Waals surface area contributed by atoms with E-state index in [4.69, 9.17) is 15.0 Å². The molecular weight excluding hydrogens is 666 g/mol. The summed E-state index contributed by atoms with van der Waals surface area (Å²) in [4.78, 5) is 15.3. The fourth-order valence-corrected chi connectivity index (χ4v) is 9.85. The molecule has 7 aromatic rings. The number of aromatic nitrogens is 3. The topological polar surface area (TPSA) is 55.7 Å². The van der Waals surface area contributed by atoms with Crippen LogP contribution in [0.15, 0.2) is 158 Å². The van der Waals surface area contributed by atoms with Crippen molar-refractivity contribution in [2.24, 2.45) is 11.8 Å². The fraction of sp³-hybridized carbons (Fsp3) is 0.188. The number of fused-ring (bicyclic) bond motifs is 2. The predicted molar refractivity (Wildman–Crippen MR) is 219 cm³/mol. The van der Waals surface area contributed by atoms with Gasteiger partial charge in [0.05, 0.1) is 0 Å². The van der Waals surface area contributed by atoms with Crippen molar-refractivity contribution in [1.29, 1.82) is 0 Å². The zero-order valence-corrected chi connectivity index (χ0v) is 31.1. The number of hydrogen-bond donors (Lipinski definition) is 0. The maximum atomic E-state index is 12.6. The maximum absolute atomic E-state index is 12.6. The third kappa shape index (κ3) is 6.26. The average molecular weight is 708 g/mol. The molecule has 0 spiro atoms. The van der Waals surface area contributed by atoms with Crippen molar-refractivity contribution in [3.05, 3.63) is 169 Å². The average Bonchev–Trinajstić information content (AvgIpc) is 3.84. The normalized spacial score (nSPS) is 19.4. The van der Waals surface area contributed by atoms with Gasteiger partial charge in [0.25, 0.3) is 0 Å². The molecule has 2 bridgehead atoms. The van der Waals surface area contributed by atoms with Crippen LogP contribution in [0.25, 0.3) is 56.4 Å². The molecule has 53 heavy (non-hydrogen) atoms. The number of nitrogens with zero attached hydrogens (tertiary/aromatic N) is 3. The van der Waals surface area contributed by atoms with E-state index in [1.165, 1.54) is 42.4 Å². The van der Waals surface area contributed by atoms with Crippen molar-refractivity contribution in [3.8, 4) is 56.4 Å². The Kier molecular flexibility index (Phi) is 8.52. The third-order valence-electron chi connectivity index (χ3n) is 11.6. The molecule has 0 aliphatic heterocycles. The Morgan fingerprint density at radius 2 is 0.962 bits per heavy atom. The first-order valence-electron chi connectivity index (χ1n) is 18.7. The highest BCUT2D eigenvalue weighted by molar-refractivity contribution is 7.70. The fourth-order valence-electron chi connectivity index (χ4n) is 8.98. The lowest BCUT2D eigenvalue weighted by atomic mass is 9.64. The van der Waals surface area contributed by atoms with E-state index in [0.717, 1.165) is 44.6 Å². The van der Waals surface area contributed by atoms with E-state index in [1.807, 2.05) is 49.7 Å². The summed E-state index contributed by atoms with van der Waals surface area (Å²) in [6, 6.07) is 55.6. The molecule has 0 radical (unpaired) electrons. The molecule has 0 amide bonds. The van der Waals surface area contributed by atoms with Gasteiger partial charge >= 0.3 is 0 Å². The lowest BCUT2D eigenvalue weighted by Crippen LogP contribution is -2.34. The molecule has 0 N–H and O–H groups in total. The van der Waals surface area contributed by atoms with Crippen LogP contribution in [-0.2, 0) is 9.98 Å². The molecule has 260 valence electrons. The van der Waals surface area contributed by atoms with E-state index in [0.29, 0.717) is 23.4 Å². The number of benzene rings is 6. The highest BCUT2D eigenvalue weighted by atomic mass is 31.2. The minimum Gasteiger partial charge on any atom is -0.319 e. The van der Waals surface area contributed by atoms with Crippen LogP contribution in [0, 0.1) is 11.8 Å². The lowest BCUT2D eigenvalue weighted by Gasteiger charge is -2.39. The van der Waals surface area contributed by atoms with Gasteiger partial charge < -0.3 is 4.57 Å². The summed E-state index contributed by atoms with van der Waals surface area (Å²) in [5.41, 5.74) is 10.2. The molecular formula is C48H42N3OP. The van der Waals surface area contributed by atoms with Gasteiger partial charge in [-0.1, -0.05) is 164 Å². The van der Waals surface area contributed by atoms with Crippen molar-refractivity contribution in [2.75, 3.05) is 13.3 Å². The Balaban J connectivity index is 1.10. The van der Waals surface area contributed by atoms with Crippen LogP contribution in [0.2, 0.25) is 0 Å². The van der Waals surface area contributed by atoms with Gasteiger partial charge in [0.1, 0.15) is 7.14 Å². The quantitative estimate of drug-likeness (QED) is 0.148. The molecule has 1 heterocycles. The van der Waals surface area contributed by atoms with Gasteiger partial charge in [0.2, 0.25) is 0 Å². The second-order valence-electron chi connectivity index (χ2n) is 15.2. The van der Waals surface area contributed by atoms with Crippen molar-refractivity contribution in [3.63, 3.8) is 0 Å². The summed E-state index contributed by atoms with van der Waals surface area (Å²) in [6.45, 7) is 3.65. The molecule has 2 fully saturated rings. The number of rotatable bonds is 8. The van der Waals surface area contributed by atoms with Gasteiger partial charge in [0, 0.05) is 27.4 Å². The molecule has 0 saturated heterocycles. The first kappa shape index (κ1) is 33.4. The second-order valence-corrected chi connectivity index (χ2v) is 18.4. The Hall–Kier alpha value is -5.44. The van der Waals surface area contributed by atoms with Gasteiger partial charge in [0.15, 0.2) is 17.5 Å². The summed E-state index contributed by atoms with van der Waals surface area (Å²) in [5, 5.41) is 0.920. The molecule has 6 aromatic carbocycles. The third-order valence-corrected chi connectivity index (χ3v) is 13.2. The summed E-state index contributed by atoms with van der Waals surface area (Å²) in [5.74, 6) is 3.37. The smallest absolute Gasteiger partial charge is 0.164 e. The molecule has 2 aliphatic carbocycles. The summed E-state index contributed by atoms with van der Waals surface area (Å²) in [6.07, 6.45) is 5.06. The van der Waals surface area contributed by atoms with Crippen molar-refractivity contribution < 1.29 is 4.57 Å². The molecule has 4 nitrogen and oxygen atoms in total. The van der Waals surface area contributed by atoms with Crippen LogP contribution in [0.5, 0.6) is 0 Å². The predicted octanol–water partition coefficient (Wildman–Crippen LogP) is 11.6. The van der Waals surface area contributed by atoms with Gasteiger partial charge in [-0.25, -0.2) is 15.0 Å². The van der Waals surface area contributed by atoms with Gasteiger partial charge in [-0.05, 0) is 77.8 Å².